The van der Waals surface area contributed by atoms with E-state index >= 15 is 0 Å². The Balaban J connectivity index is 1.77. The molecule has 0 aromatic heterocycles. The lowest BCUT2D eigenvalue weighted by Gasteiger charge is -2.35. The fourth-order valence-corrected chi connectivity index (χ4v) is 3.28. The number of nitrogens with one attached hydrogen (secondary N) is 2. The van der Waals surface area contributed by atoms with Crippen LogP contribution in [0.2, 0.25) is 0 Å². The van der Waals surface area contributed by atoms with Gasteiger partial charge in [0.1, 0.15) is 0 Å². The molecule has 3 heteroatoms. The van der Waals surface area contributed by atoms with Crippen LogP contribution in [0, 0.1) is 5.41 Å². The Hall–Kier alpha value is -0.830. The molecule has 1 fully saturated rings. The third-order valence-corrected chi connectivity index (χ3v) is 4.75. The number of hydrogen-bond acceptors (Lipinski definition) is 2. The molecule has 1 aliphatic carbocycles. The van der Waals surface area contributed by atoms with E-state index in [-0.39, 0.29) is 11.3 Å². The van der Waals surface area contributed by atoms with Crippen molar-refractivity contribution in [3.05, 3.63) is 11.6 Å². The lowest BCUT2D eigenvalue weighted by Crippen LogP contribution is -2.50. The number of piperidine rings is 1. The fraction of sp³-hybridized carbons (Fsp3) is 0.812. The summed E-state index contributed by atoms with van der Waals surface area (Å²) in [5, 5.41) is 6.55. The molecule has 3 nitrogen and oxygen atoms in total. The maximum absolute atomic E-state index is 12.4. The maximum atomic E-state index is 12.4. The van der Waals surface area contributed by atoms with Crippen LogP contribution in [0.4, 0.5) is 0 Å². The zero-order valence-corrected chi connectivity index (χ0v) is 12.3. The Kier molecular flexibility index (Phi) is 5.44. The second-order valence-corrected chi connectivity index (χ2v) is 6.03. The van der Waals surface area contributed by atoms with Gasteiger partial charge >= 0.3 is 0 Å². The van der Waals surface area contributed by atoms with Crippen LogP contribution in [0.3, 0.4) is 0 Å². The average Bonchev–Trinajstić information content (AvgIpc) is 2.49. The number of carbonyl (C=O) groups excluding carboxylic acids is 1. The van der Waals surface area contributed by atoms with Crippen molar-refractivity contribution in [3.63, 3.8) is 0 Å². The summed E-state index contributed by atoms with van der Waals surface area (Å²) in [6.45, 7) is 4.85. The molecule has 19 heavy (non-hydrogen) atoms. The van der Waals surface area contributed by atoms with E-state index in [1.807, 2.05) is 0 Å². The number of allylic oxidation sites excluding steroid dienone is 1. The van der Waals surface area contributed by atoms with Crippen molar-refractivity contribution in [2.75, 3.05) is 19.6 Å². The summed E-state index contributed by atoms with van der Waals surface area (Å²) >= 11 is 0. The van der Waals surface area contributed by atoms with E-state index in [0.29, 0.717) is 0 Å². The third kappa shape index (κ3) is 3.82. The minimum absolute atomic E-state index is 0.154. The molecule has 0 aromatic carbocycles. The van der Waals surface area contributed by atoms with Crippen LogP contribution in [-0.4, -0.2) is 25.5 Å². The van der Waals surface area contributed by atoms with Crippen LogP contribution in [0.1, 0.15) is 58.3 Å². The van der Waals surface area contributed by atoms with E-state index in [1.165, 1.54) is 25.7 Å². The fourth-order valence-electron chi connectivity index (χ4n) is 3.28. The lowest BCUT2D eigenvalue weighted by molar-refractivity contribution is -0.132. The normalized spacial score (nSPS) is 27.7. The highest BCUT2D eigenvalue weighted by Gasteiger charge is 2.37. The SMILES string of the molecule is CCC1(C(=O)NCCC2=CCCCC2)CCCNC1. The van der Waals surface area contributed by atoms with E-state index in [2.05, 4.69) is 23.6 Å². The first-order valence-corrected chi connectivity index (χ1v) is 7.94. The summed E-state index contributed by atoms with van der Waals surface area (Å²) in [7, 11) is 0. The molecule has 1 atom stereocenters. The molecule has 1 amide bonds. The highest BCUT2D eigenvalue weighted by Crippen LogP contribution is 2.30. The molecule has 108 valence electrons. The largest absolute Gasteiger partial charge is 0.355 e. The number of amides is 1. The summed E-state index contributed by atoms with van der Waals surface area (Å²) < 4.78 is 0. The zero-order chi connectivity index (χ0) is 13.6. The average molecular weight is 264 g/mol. The van der Waals surface area contributed by atoms with Crippen molar-refractivity contribution in [1.29, 1.82) is 0 Å². The van der Waals surface area contributed by atoms with Crippen molar-refractivity contribution >= 4 is 5.91 Å². The van der Waals surface area contributed by atoms with Gasteiger partial charge < -0.3 is 10.6 Å². The predicted molar refractivity (Wildman–Crippen MR) is 79.0 cm³/mol. The number of hydrogen-bond donors (Lipinski definition) is 2. The van der Waals surface area contributed by atoms with Gasteiger partial charge in [0.15, 0.2) is 0 Å². The standard InChI is InChI=1S/C16H28N2O/c1-2-16(10-6-11-17-13-16)15(19)18-12-9-14-7-4-3-5-8-14/h7,17H,2-6,8-13H2,1H3,(H,18,19). The first-order chi connectivity index (χ1) is 9.27. The van der Waals surface area contributed by atoms with Crippen LogP contribution in [0.15, 0.2) is 11.6 Å². The maximum Gasteiger partial charge on any atom is 0.227 e. The Labute approximate surface area is 117 Å². The van der Waals surface area contributed by atoms with E-state index < -0.39 is 0 Å². The van der Waals surface area contributed by atoms with Crippen molar-refractivity contribution < 1.29 is 4.79 Å². The molecule has 0 saturated carbocycles. The summed E-state index contributed by atoms with van der Waals surface area (Å²) in [4.78, 5) is 12.4. The van der Waals surface area contributed by atoms with Crippen LogP contribution in [0.25, 0.3) is 0 Å². The van der Waals surface area contributed by atoms with Crippen molar-refractivity contribution in [2.24, 2.45) is 5.41 Å². The minimum Gasteiger partial charge on any atom is -0.355 e. The van der Waals surface area contributed by atoms with Gasteiger partial charge in [-0.25, -0.2) is 0 Å². The third-order valence-electron chi connectivity index (χ3n) is 4.75. The van der Waals surface area contributed by atoms with Gasteiger partial charge in [0.05, 0.1) is 5.41 Å². The van der Waals surface area contributed by atoms with Crippen molar-refractivity contribution in [3.8, 4) is 0 Å². The van der Waals surface area contributed by atoms with Gasteiger partial charge in [0.2, 0.25) is 5.91 Å². The van der Waals surface area contributed by atoms with E-state index in [1.54, 1.807) is 5.57 Å². The van der Waals surface area contributed by atoms with Crippen LogP contribution >= 0.6 is 0 Å². The van der Waals surface area contributed by atoms with E-state index in [9.17, 15) is 4.79 Å². The summed E-state index contributed by atoms with van der Waals surface area (Å²) in [5.74, 6) is 0.263. The molecule has 1 aliphatic heterocycles. The molecule has 2 aliphatic rings. The molecule has 0 aromatic rings. The van der Waals surface area contributed by atoms with Gasteiger partial charge in [-0.05, 0) is 57.9 Å². The molecular formula is C16H28N2O. The van der Waals surface area contributed by atoms with Gasteiger partial charge in [-0.3, -0.25) is 4.79 Å². The second-order valence-electron chi connectivity index (χ2n) is 6.03. The zero-order valence-electron chi connectivity index (χ0n) is 12.3. The Morgan fingerprint density at radius 3 is 2.95 bits per heavy atom. The van der Waals surface area contributed by atoms with Gasteiger partial charge in [0, 0.05) is 13.1 Å². The molecular weight excluding hydrogens is 236 g/mol. The molecule has 2 rings (SSSR count). The molecule has 0 spiro atoms. The van der Waals surface area contributed by atoms with E-state index in [4.69, 9.17) is 0 Å². The summed E-state index contributed by atoms with van der Waals surface area (Å²) in [6, 6.07) is 0. The molecule has 1 unspecified atom stereocenters. The highest BCUT2D eigenvalue weighted by molar-refractivity contribution is 5.83. The monoisotopic (exact) mass is 264 g/mol. The minimum atomic E-state index is -0.154. The Morgan fingerprint density at radius 2 is 2.32 bits per heavy atom. The molecule has 1 heterocycles. The van der Waals surface area contributed by atoms with Crippen molar-refractivity contribution in [2.45, 2.75) is 58.3 Å². The smallest absolute Gasteiger partial charge is 0.227 e. The van der Waals surface area contributed by atoms with Gasteiger partial charge in [-0.2, -0.15) is 0 Å². The lowest BCUT2D eigenvalue weighted by atomic mass is 9.77. The van der Waals surface area contributed by atoms with Crippen molar-refractivity contribution in [1.82, 2.24) is 10.6 Å². The number of carbonyl (C=O) groups is 1. The summed E-state index contributed by atoms with van der Waals surface area (Å²) in [6.07, 6.45) is 11.6. The highest BCUT2D eigenvalue weighted by atomic mass is 16.2. The van der Waals surface area contributed by atoms with Gasteiger partial charge in [-0.1, -0.05) is 18.6 Å². The van der Waals surface area contributed by atoms with Crippen LogP contribution in [-0.2, 0) is 4.79 Å². The Bertz CT molecular complexity index is 330. The number of rotatable bonds is 5. The summed E-state index contributed by atoms with van der Waals surface area (Å²) in [5.41, 5.74) is 1.39. The predicted octanol–water partition coefficient (Wildman–Crippen LogP) is 2.77. The van der Waals surface area contributed by atoms with Crippen LogP contribution < -0.4 is 10.6 Å². The molecule has 0 radical (unpaired) electrons. The van der Waals surface area contributed by atoms with E-state index in [0.717, 1.165) is 45.3 Å². The quantitative estimate of drug-likeness (QED) is 0.750. The first kappa shape index (κ1) is 14.6. The topological polar surface area (TPSA) is 41.1 Å². The van der Waals surface area contributed by atoms with Crippen LogP contribution in [0.5, 0.6) is 0 Å². The van der Waals surface area contributed by atoms with Gasteiger partial charge in [0.25, 0.3) is 0 Å². The second kappa shape index (κ2) is 7.09. The molecule has 1 saturated heterocycles. The Morgan fingerprint density at radius 1 is 1.42 bits per heavy atom. The molecule has 0 bridgehead atoms. The first-order valence-electron chi connectivity index (χ1n) is 7.94. The van der Waals surface area contributed by atoms with Gasteiger partial charge in [-0.15, -0.1) is 0 Å². The molecule has 2 N–H and O–H groups in total.